The summed E-state index contributed by atoms with van der Waals surface area (Å²) in [4.78, 5) is 30.2. The second-order valence-electron chi connectivity index (χ2n) is 9.57. The van der Waals surface area contributed by atoms with Gasteiger partial charge in [0, 0.05) is 12.2 Å². The summed E-state index contributed by atoms with van der Waals surface area (Å²) in [7, 11) is 3.19. The van der Waals surface area contributed by atoms with Gasteiger partial charge in [-0.2, -0.15) is 0 Å². The van der Waals surface area contributed by atoms with Crippen LogP contribution in [0.3, 0.4) is 0 Å². The van der Waals surface area contributed by atoms with E-state index in [1.165, 1.54) is 4.90 Å². The van der Waals surface area contributed by atoms with Gasteiger partial charge >= 0.3 is 0 Å². The quantitative estimate of drug-likeness (QED) is 0.298. The Labute approximate surface area is 240 Å². The molecule has 9 heteroatoms. The van der Waals surface area contributed by atoms with Crippen LogP contribution in [0.25, 0.3) is 0 Å². The summed E-state index contributed by atoms with van der Waals surface area (Å²) >= 11 is 5.81. The fourth-order valence-corrected chi connectivity index (χ4v) is 4.96. The Morgan fingerprint density at radius 3 is 2.33 bits per heavy atom. The second-order valence-corrected chi connectivity index (χ2v) is 9.93. The normalized spacial score (nSPS) is 14.8. The van der Waals surface area contributed by atoms with E-state index in [2.05, 4.69) is 5.32 Å². The highest BCUT2D eigenvalue weighted by molar-refractivity contribution is 7.80. The molecule has 40 heavy (non-hydrogen) atoms. The summed E-state index contributed by atoms with van der Waals surface area (Å²) in [5.41, 5.74) is 3.39. The van der Waals surface area contributed by atoms with Crippen LogP contribution < -0.4 is 24.4 Å². The highest BCUT2D eigenvalue weighted by Gasteiger charge is 2.43. The van der Waals surface area contributed by atoms with Crippen molar-refractivity contribution in [2.24, 2.45) is 0 Å². The molecule has 0 bridgehead atoms. The maximum Gasteiger partial charge on any atom is 0.256 e. The zero-order valence-corrected chi connectivity index (χ0v) is 24.1. The third kappa shape index (κ3) is 6.71. The molecule has 3 aromatic rings. The van der Waals surface area contributed by atoms with E-state index < -0.39 is 6.04 Å². The summed E-state index contributed by atoms with van der Waals surface area (Å²) < 4.78 is 16.4. The second kappa shape index (κ2) is 13.3. The van der Waals surface area contributed by atoms with Crippen LogP contribution in [0.15, 0.2) is 66.7 Å². The van der Waals surface area contributed by atoms with Gasteiger partial charge in [0.2, 0.25) is 5.91 Å². The fraction of sp³-hybridized carbons (Fsp3) is 0.323. The number of ether oxygens (including phenoxy) is 3. The monoisotopic (exact) mass is 561 g/mol. The van der Waals surface area contributed by atoms with Gasteiger partial charge in [-0.1, -0.05) is 30.7 Å². The lowest BCUT2D eigenvalue weighted by Gasteiger charge is -2.24. The van der Waals surface area contributed by atoms with Gasteiger partial charge in [0.25, 0.3) is 5.91 Å². The maximum atomic E-state index is 13.7. The number of nitrogens with zero attached hydrogens (tertiary/aromatic N) is 2. The van der Waals surface area contributed by atoms with E-state index in [0.29, 0.717) is 47.6 Å². The van der Waals surface area contributed by atoms with Crippen LogP contribution in [0.2, 0.25) is 0 Å². The molecule has 1 heterocycles. The number of nitrogens with one attached hydrogen (secondary N) is 1. The van der Waals surface area contributed by atoms with E-state index in [4.69, 9.17) is 26.4 Å². The molecule has 210 valence electrons. The van der Waals surface area contributed by atoms with E-state index in [9.17, 15) is 9.59 Å². The standard InChI is InChI=1S/C31H35N3O5S/c1-5-18-39-25-13-9-23(10-14-25)32-29(35)20-26-30(36)34(24-11-6-21(2)7-12-24)31(40)33(26)17-16-22-8-15-27(37-3)28(19-22)38-4/h6-15,19,26H,5,16-18,20H2,1-4H3,(H,32,35)/t26-/m1/s1. The molecule has 3 aromatic carbocycles. The van der Waals surface area contributed by atoms with Gasteiger partial charge in [0.15, 0.2) is 16.6 Å². The number of carbonyl (C=O) groups excluding carboxylic acids is 2. The first kappa shape index (κ1) is 28.9. The molecule has 0 unspecified atom stereocenters. The van der Waals surface area contributed by atoms with Crippen LogP contribution in [0.1, 0.15) is 30.9 Å². The Bertz CT molecular complexity index is 1340. The number of thiocarbonyl (C=S) groups is 1. The highest BCUT2D eigenvalue weighted by atomic mass is 32.1. The van der Waals surface area contributed by atoms with E-state index in [1.54, 1.807) is 26.4 Å². The molecule has 0 radical (unpaired) electrons. The van der Waals surface area contributed by atoms with E-state index in [-0.39, 0.29) is 18.2 Å². The zero-order valence-electron chi connectivity index (χ0n) is 23.3. The van der Waals surface area contributed by atoms with Crippen molar-refractivity contribution in [1.29, 1.82) is 0 Å². The lowest BCUT2D eigenvalue weighted by molar-refractivity contribution is -0.124. The summed E-state index contributed by atoms with van der Waals surface area (Å²) in [5.74, 6) is 1.52. The van der Waals surface area contributed by atoms with Gasteiger partial charge < -0.3 is 24.4 Å². The topological polar surface area (TPSA) is 80.3 Å². The number of aryl methyl sites for hydroxylation is 1. The number of hydrogen-bond donors (Lipinski definition) is 1. The largest absolute Gasteiger partial charge is 0.494 e. The van der Waals surface area contributed by atoms with Crippen LogP contribution in [-0.4, -0.2) is 55.2 Å². The van der Waals surface area contributed by atoms with Gasteiger partial charge in [-0.15, -0.1) is 0 Å². The first-order chi connectivity index (χ1) is 19.3. The molecule has 2 amide bonds. The van der Waals surface area contributed by atoms with E-state index >= 15 is 0 Å². The van der Waals surface area contributed by atoms with Crippen LogP contribution in [0.4, 0.5) is 11.4 Å². The average molecular weight is 562 g/mol. The highest BCUT2D eigenvalue weighted by Crippen LogP contribution is 2.30. The third-order valence-corrected chi connectivity index (χ3v) is 7.11. The molecule has 1 N–H and O–H groups in total. The lowest BCUT2D eigenvalue weighted by Crippen LogP contribution is -2.39. The maximum absolute atomic E-state index is 13.7. The predicted octanol–water partition coefficient (Wildman–Crippen LogP) is 5.37. The van der Waals surface area contributed by atoms with Crippen LogP contribution in [-0.2, 0) is 16.0 Å². The first-order valence-electron chi connectivity index (χ1n) is 13.3. The number of carbonyl (C=O) groups is 2. The minimum absolute atomic E-state index is 0.0403. The molecule has 8 nitrogen and oxygen atoms in total. The molecule has 0 saturated carbocycles. The molecule has 1 fully saturated rings. The first-order valence-corrected chi connectivity index (χ1v) is 13.7. The fourth-order valence-electron chi connectivity index (χ4n) is 4.55. The Morgan fingerprint density at radius 1 is 0.975 bits per heavy atom. The minimum atomic E-state index is -0.735. The molecular weight excluding hydrogens is 526 g/mol. The van der Waals surface area contributed by atoms with E-state index in [0.717, 1.165) is 23.3 Å². The van der Waals surface area contributed by atoms with Gasteiger partial charge in [0.05, 0.1) is 32.9 Å². The lowest BCUT2D eigenvalue weighted by atomic mass is 10.1. The van der Waals surface area contributed by atoms with Gasteiger partial charge in [0.1, 0.15) is 11.8 Å². The molecule has 1 aliphatic rings. The van der Waals surface area contributed by atoms with Crippen molar-refractivity contribution in [3.63, 3.8) is 0 Å². The number of rotatable bonds is 12. The molecule has 0 aliphatic carbocycles. The van der Waals surface area contributed by atoms with Crippen LogP contribution in [0.5, 0.6) is 17.2 Å². The Morgan fingerprint density at radius 2 is 1.68 bits per heavy atom. The smallest absolute Gasteiger partial charge is 0.256 e. The van der Waals surface area contributed by atoms with E-state index in [1.807, 2.05) is 73.3 Å². The summed E-state index contributed by atoms with van der Waals surface area (Å²) in [6, 6.07) is 19.8. The van der Waals surface area contributed by atoms with Crippen molar-refractivity contribution in [3.8, 4) is 17.2 Å². The number of anilines is 2. The Balaban J connectivity index is 1.52. The summed E-state index contributed by atoms with van der Waals surface area (Å²) in [6.45, 7) is 5.11. The van der Waals surface area contributed by atoms with Crippen molar-refractivity contribution >= 4 is 40.5 Å². The van der Waals surface area contributed by atoms with Gasteiger partial charge in [-0.3, -0.25) is 14.5 Å². The number of amides is 2. The van der Waals surface area contributed by atoms with Crippen molar-refractivity contribution in [1.82, 2.24) is 4.90 Å². The van der Waals surface area contributed by atoms with Crippen molar-refractivity contribution in [2.75, 3.05) is 37.6 Å². The van der Waals surface area contributed by atoms with Crippen molar-refractivity contribution in [2.45, 2.75) is 39.2 Å². The molecule has 0 aromatic heterocycles. The Hall–Kier alpha value is -4.11. The van der Waals surface area contributed by atoms with Crippen LogP contribution >= 0.6 is 12.2 Å². The summed E-state index contributed by atoms with van der Waals surface area (Å²) in [5, 5.41) is 3.29. The summed E-state index contributed by atoms with van der Waals surface area (Å²) in [6.07, 6.45) is 1.46. The molecule has 4 rings (SSSR count). The van der Waals surface area contributed by atoms with Gasteiger partial charge in [-0.25, -0.2) is 0 Å². The third-order valence-electron chi connectivity index (χ3n) is 6.69. The molecule has 1 saturated heterocycles. The Kier molecular flexibility index (Phi) is 9.60. The molecule has 1 aliphatic heterocycles. The predicted molar refractivity (Wildman–Crippen MR) is 160 cm³/mol. The molecule has 1 atom stereocenters. The van der Waals surface area contributed by atoms with Gasteiger partial charge in [-0.05, 0) is 86.1 Å². The molecule has 0 spiro atoms. The number of methoxy groups -OCH3 is 2. The number of benzene rings is 3. The van der Waals surface area contributed by atoms with Crippen LogP contribution in [0, 0.1) is 6.92 Å². The van der Waals surface area contributed by atoms with Crippen molar-refractivity contribution < 1.29 is 23.8 Å². The molecular formula is C31H35N3O5S. The van der Waals surface area contributed by atoms with Crippen molar-refractivity contribution in [3.05, 3.63) is 77.9 Å². The number of hydrogen-bond acceptors (Lipinski definition) is 6. The minimum Gasteiger partial charge on any atom is -0.494 e. The zero-order chi connectivity index (χ0) is 28.6. The average Bonchev–Trinajstić information content (AvgIpc) is 3.19. The SMILES string of the molecule is CCCOc1ccc(NC(=O)C[C@@H]2C(=O)N(c3ccc(C)cc3)C(=S)N2CCc2ccc(OC)c(OC)c2)cc1.